The monoisotopic (exact) mass is 338 g/mol. The molecule has 0 aliphatic heterocycles. The average Bonchev–Trinajstić information content (AvgIpc) is 2.16. The van der Waals surface area contributed by atoms with E-state index in [1.54, 1.807) is 0 Å². The van der Waals surface area contributed by atoms with Crippen molar-refractivity contribution < 1.29 is 82.5 Å². The molecule has 0 saturated carbocycles. The molecule has 0 aliphatic rings. The molecule has 0 amide bonds. The van der Waals surface area contributed by atoms with Gasteiger partial charge in [0, 0.05) is 14.9 Å². The molecular formula is C8H5BrNa2O5S. The Morgan fingerprint density at radius 3 is 2.29 bits per heavy atom. The van der Waals surface area contributed by atoms with Gasteiger partial charge in [0.25, 0.3) is 0 Å². The standard InChI is InChI=1S/C8H7BrO5S.2Na/c1-14-6-3-5(9)7(15(12)13)2-4(6)8(10)11;;/h2-3H,1H3,(H,10,11)(H,12,13);;/q;2*+1/p-2. The van der Waals surface area contributed by atoms with Gasteiger partial charge in [-0.1, -0.05) is 0 Å². The van der Waals surface area contributed by atoms with E-state index in [1.807, 2.05) is 0 Å². The maximum Gasteiger partial charge on any atom is 1.00 e. The summed E-state index contributed by atoms with van der Waals surface area (Å²) in [4.78, 5) is 10.5. The molecular weight excluding hydrogens is 334 g/mol. The van der Waals surface area contributed by atoms with Crippen LogP contribution in [0.4, 0.5) is 0 Å². The molecule has 82 valence electrons. The minimum absolute atomic E-state index is 0. The fourth-order valence-corrected chi connectivity index (χ4v) is 2.14. The second-order valence-electron chi connectivity index (χ2n) is 2.51. The number of ether oxygens (including phenoxy) is 1. The van der Waals surface area contributed by atoms with Crippen LogP contribution in [0.3, 0.4) is 0 Å². The van der Waals surface area contributed by atoms with Gasteiger partial charge in [0.15, 0.2) is 0 Å². The summed E-state index contributed by atoms with van der Waals surface area (Å²) >= 11 is 0.464. The van der Waals surface area contributed by atoms with Crippen molar-refractivity contribution in [2.24, 2.45) is 0 Å². The smallest absolute Gasteiger partial charge is 0.768 e. The van der Waals surface area contributed by atoms with E-state index in [9.17, 15) is 18.7 Å². The van der Waals surface area contributed by atoms with Gasteiger partial charge in [-0.05, 0) is 39.1 Å². The molecule has 0 N–H and O–H groups in total. The van der Waals surface area contributed by atoms with Crippen molar-refractivity contribution in [3.8, 4) is 5.75 Å². The molecule has 1 unspecified atom stereocenters. The second-order valence-corrected chi connectivity index (χ2v) is 4.27. The van der Waals surface area contributed by atoms with E-state index in [0.717, 1.165) is 6.07 Å². The molecule has 1 atom stereocenters. The fourth-order valence-electron chi connectivity index (χ4n) is 0.991. The van der Waals surface area contributed by atoms with Gasteiger partial charge in [-0.15, -0.1) is 0 Å². The Morgan fingerprint density at radius 2 is 1.94 bits per heavy atom. The SMILES string of the molecule is COc1cc(Br)c(S(=O)[O-])cc1C(=O)[O-].[Na+].[Na+]. The van der Waals surface area contributed by atoms with Crippen LogP contribution in [0.2, 0.25) is 0 Å². The zero-order valence-electron chi connectivity index (χ0n) is 9.48. The number of halogens is 1. The van der Waals surface area contributed by atoms with Gasteiger partial charge in [0.1, 0.15) is 5.75 Å². The van der Waals surface area contributed by atoms with Crippen molar-refractivity contribution in [3.63, 3.8) is 0 Å². The van der Waals surface area contributed by atoms with E-state index in [1.165, 1.54) is 13.2 Å². The number of carboxylic acid groups (broad SMARTS) is 1. The molecule has 0 heterocycles. The van der Waals surface area contributed by atoms with Crippen LogP contribution in [0.25, 0.3) is 0 Å². The van der Waals surface area contributed by atoms with Crippen molar-refractivity contribution >= 4 is 33.0 Å². The van der Waals surface area contributed by atoms with E-state index in [0.29, 0.717) is 0 Å². The summed E-state index contributed by atoms with van der Waals surface area (Å²) in [5.74, 6) is -1.46. The molecule has 0 bridgehead atoms. The van der Waals surface area contributed by atoms with Crippen LogP contribution in [0.5, 0.6) is 5.75 Å². The molecule has 0 spiro atoms. The molecule has 0 fully saturated rings. The van der Waals surface area contributed by atoms with E-state index >= 15 is 0 Å². The van der Waals surface area contributed by atoms with Crippen LogP contribution in [0, 0.1) is 0 Å². The number of hydrogen-bond donors (Lipinski definition) is 0. The summed E-state index contributed by atoms with van der Waals surface area (Å²) in [6.07, 6.45) is 0. The number of carbonyl (C=O) groups is 1. The topological polar surface area (TPSA) is 89.5 Å². The average molecular weight is 339 g/mol. The summed E-state index contributed by atoms with van der Waals surface area (Å²) in [5, 5.41) is 10.7. The third-order valence-corrected chi connectivity index (χ3v) is 3.27. The van der Waals surface area contributed by atoms with Crippen LogP contribution in [0.15, 0.2) is 21.5 Å². The minimum atomic E-state index is -2.52. The number of hydrogen-bond acceptors (Lipinski definition) is 5. The van der Waals surface area contributed by atoms with Crippen molar-refractivity contribution in [2.45, 2.75) is 4.90 Å². The molecule has 5 nitrogen and oxygen atoms in total. The van der Waals surface area contributed by atoms with E-state index in [2.05, 4.69) is 15.9 Å². The molecule has 0 aromatic heterocycles. The van der Waals surface area contributed by atoms with Crippen molar-refractivity contribution in [1.29, 1.82) is 0 Å². The van der Waals surface area contributed by atoms with Gasteiger partial charge in [-0.25, -0.2) is 0 Å². The molecule has 0 aliphatic carbocycles. The van der Waals surface area contributed by atoms with Crippen molar-refractivity contribution in [2.75, 3.05) is 7.11 Å². The first-order valence-corrected chi connectivity index (χ1v) is 5.52. The summed E-state index contributed by atoms with van der Waals surface area (Å²) < 4.78 is 26.4. The first-order chi connectivity index (χ1) is 6.97. The third-order valence-electron chi connectivity index (χ3n) is 1.65. The van der Waals surface area contributed by atoms with Gasteiger partial charge in [-0.3, -0.25) is 4.21 Å². The fraction of sp³-hybridized carbons (Fsp3) is 0.125. The Labute approximate surface area is 153 Å². The van der Waals surface area contributed by atoms with Crippen LogP contribution < -0.4 is 69.0 Å². The van der Waals surface area contributed by atoms with Gasteiger partial charge >= 0.3 is 59.1 Å². The van der Waals surface area contributed by atoms with Gasteiger partial charge in [-0.2, -0.15) is 0 Å². The molecule has 17 heavy (non-hydrogen) atoms. The summed E-state index contributed by atoms with van der Waals surface area (Å²) in [7, 11) is 1.28. The molecule has 1 aromatic carbocycles. The normalized spacial score (nSPS) is 10.8. The molecule has 1 aromatic rings. The number of aromatic carboxylic acids is 1. The molecule has 9 heteroatoms. The zero-order valence-corrected chi connectivity index (χ0v) is 15.9. The van der Waals surface area contributed by atoms with Gasteiger partial charge in [0.2, 0.25) is 0 Å². The number of carboxylic acids is 1. The van der Waals surface area contributed by atoms with Crippen LogP contribution >= 0.6 is 15.9 Å². The number of rotatable bonds is 3. The van der Waals surface area contributed by atoms with Crippen LogP contribution in [0.1, 0.15) is 10.4 Å². The first kappa shape index (κ1) is 20.4. The maximum absolute atomic E-state index is 10.7. The number of benzene rings is 1. The largest absolute Gasteiger partial charge is 1.00 e. The molecule has 1 rings (SSSR count). The quantitative estimate of drug-likeness (QED) is 0.404. The Hall–Kier alpha value is 1.08. The summed E-state index contributed by atoms with van der Waals surface area (Å²) in [6, 6.07) is 2.23. The van der Waals surface area contributed by atoms with E-state index in [-0.39, 0.29) is 79.8 Å². The number of methoxy groups -OCH3 is 1. The maximum atomic E-state index is 10.7. The van der Waals surface area contributed by atoms with Crippen molar-refractivity contribution in [1.82, 2.24) is 0 Å². The van der Waals surface area contributed by atoms with Crippen LogP contribution in [-0.4, -0.2) is 21.8 Å². The Balaban J connectivity index is 0. The van der Waals surface area contributed by atoms with Crippen molar-refractivity contribution in [3.05, 3.63) is 22.2 Å². The Morgan fingerprint density at radius 1 is 1.41 bits per heavy atom. The first-order valence-electron chi connectivity index (χ1n) is 3.65. The predicted octanol–water partition coefficient (Wildman–Crippen LogP) is -5.93. The van der Waals surface area contributed by atoms with E-state index < -0.39 is 17.0 Å². The minimum Gasteiger partial charge on any atom is -0.768 e. The summed E-state index contributed by atoms with van der Waals surface area (Å²) in [5.41, 5.74) is -0.306. The Kier molecular flexibility index (Phi) is 10.9. The molecule has 0 radical (unpaired) electrons. The third kappa shape index (κ3) is 5.30. The predicted molar refractivity (Wildman–Crippen MR) is 52.2 cm³/mol. The second kappa shape index (κ2) is 9.06. The Bertz CT molecular complexity index is 440. The van der Waals surface area contributed by atoms with Gasteiger partial charge in [0.05, 0.1) is 13.1 Å². The molecule has 0 saturated heterocycles. The van der Waals surface area contributed by atoms with Crippen LogP contribution in [-0.2, 0) is 11.1 Å². The number of carbonyl (C=O) groups excluding carboxylic acids is 1. The van der Waals surface area contributed by atoms with E-state index in [4.69, 9.17) is 4.74 Å². The zero-order chi connectivity index (χ0) is 11.6. The van der Waals surface area contributed by atoms with Gasteiger partial charge < -0.3 is 19.2 Å². The summed E-state index contributed by atoms with van der Waals surface area (Å²) in [6.45, 7) is 0.